The van der Waals surface area contributed by atoms with Gasteiger partial charge in [-0.25, -0.2) is 0 Å². The van der Waals surface area contributed by atoms with Gasteiger partial charge in [0.1, 0.15) is 0 Å². The van der Waals surface area contributed by atoms with Crippen molar-refractivity contribution in [2.24, 2.45) is 0 Å². The van der Waals surface area contributed by atoms with E-state index in [0.717, 1.165) is 39.3 Å². The highest BCUT2D eigenvalue weighted by atomic mass is 16.5. The summed E-state index contributed by atoms with van der Waals surface area (Å²) in [6.45, 7) is 7.20. The number of benzene rings is 1. The predicted octanol–water partition coefficient (Wildman–Crippen LogP) is 1.42. The summed E-state index contributed by atoms with van der Waals surface area (Å²) in [5.74, 6) is 0. The topological polar surface area (TPSA) is 24.5 Å². The second kappa shape index (κ2) is 5.23. The van der Waals surface area contributed by atoms with Gasteiger partial charge in [0.25, 0.3) is 0 Å². The Morgan fingerprint density at radius 2 is 2.05 bits per heavy atom. The van der Waals surface area contributed by atoms with Gasteiger partial charge in [-0.3, -0.25) is 4.90 Å². The Labute approximate surface area is 115 Å². The second-order valence-corrected chi connectivity index (χ2v) is 5.90. The van der Waals surface area contributed by atoms with Gasteiger partial charge in [0.15, 0.2) is 0 Å². The third-order valence-electron chi connectivity index (χ3n) is 4.81. The lowest BCUT2D eigenvalue weighted by atomic mass is 9.71. The molecule has 1 aromatic rings. The molecule has 3 heteroatoms. The van der Waals surface area contributed by atoms with E-state index < -0.39 is 0 Å². The third-order valence-corrected chi connectivity index (χ3v) is 4.81. The van der Waals surface area contributed by atoms with Crippen LogP contribution < -0.4 is 5.32 Å². The van der Waals surface area contributed by atoms with Crippen LogP contribution in [0, 0.1) is 0 Å². The first-order chi connectivity index (χ1) is 9.26. The largest absolute Gasteiger partial charge is 0.379 e. The summed E-state index contributed by atoms with van der Waals surface area (Å²) in [5, 5.41) is 3.53. The summed E-state index contributed by atoms with van der Waals surface area (Å²) < 4.78 is 5.60. The van der Waals surface area contributed by atoms with Crippen LogP contribution in [0.3, 0.4) is 0 Å². The van der Waals surface area contributed by atoms with Crippen molar-refractivity contribution in [2.75, 3.05) is 39.9 Å². The monoisotopic (exact) mass is 260 g/mol. The van der Waals surface area contributed by atoms with Crippen LogP contribution in [0.5, 0.6) is 0 Å². The zero-order valence-electron chi connectivity index (χ0n) is 12.0. The summed E-state index contributed by atoms with van der Waals surface area (Å²) in [4.78, 5) is 2.49. The van der Waals surface area contributed by atoms with E-state index in [1.165, 1.54) is 11.1 Å². The van der Waals surface area contributed by atoms with E-state index in [9.17, 15) is 0 Å². The fraction of sp³-hybridized carbons (Fsp3) is 0.625. The molecule has 0 amide bonds. The second-order valence-electron chi connectivity index (χ2n) is 5.90. The van der Waals surface area contributed by atoms with Crippen molar-refractivity contribution in [2.45, 2.75) is 24.8 Å². The number of nitrogens with zero attached hydrogens (tertiary/aromatic N) is 1. The molecule has 0 saturated carbocycles. The molecule has 2 aliphatic rings. The van der Waals surface area contributed by atoms with Crippen LogP contribution >= 0.6 is 0 Å². The van der Waals surface area contributed by atoms with Crippen molar-refractivity contribution in [3.05, 3.63) is 35.4 Å². The molecular formula is C16H24N2O. The van der Waals surface area contributed by atoms with Crippen molar-refractivity contribution in [1.82, 2.24) is 10.2 Å². The van der Waals surface area contributed by atoms with Gasteiger partial charge in [-0.15, -0.1) is 0 Å². The van der Waals surface area contributed by atoms with Crippen LogP contribution in [-0.2, 0) is 16.6 Å². The Morgan fingerprint density at radius 1 is 1.32 bits per heavy atom. The maximum atomic E-state index is 5.60. The first kappa shape index (κ1) is 13.1. The Balaban J connectivity index is 1.88. The molecular weight excluding hydrogens is 236 g/mol. The lowest BCUT2D eigenvalue weighted by Crippen LogP contribution is -2.66. The van der Waals surface area contributed by atoms with Crippen LogP contribution in [0.4, 0.5) is 0 Å². The molecule has 19 heavy (non-hydrogen) atoms. The average Bonchev–Trinajstić information content (AvgIpc) is 2.40. The van der Waals surface area contributed by atoms with E-state index in [1.54, 1.807) is 0 Å². The highest BCUT2D eigenvalue weighted by Gasteiger charge is 2.49. The minimum absolute atomic E-state index is 0.189. The molecule has 1 N–H and O–H groups in total. The van der Waals surface area contributed by atoms with Crippen molar-refractivity contribution in [3.8, 4) is 0 Å². The van der Waals surface area contributed by atoms with Crippen molar-refractivity contribution < 1.29 is 4.74 Å². The van der Waals surface area contributed by atoms with E-state index in [0.29, 0.717) is 6.04 Å². The number of rotatable bonds is 3. The Hall–Kier alpha value is -0.900. The van der Waals surface area contributed by atoms with Gasteiger partial charge in [0.2, 0.25) is 0 Å². The fourth-order valence-electron chi connectivity index (χ4n) is 3.37. The normalized spacial score (nSPS) is 26.9. The molecule has 0 spiro atoms. The number of likely N-dealkylation sites (N-methyl/N-ethyl adjacent to an activating group) is 1. The number of piperazine rings is 1. The number of hydrogen-bond donors (Lipinski definition) is 1. The fourth-order valence-corrected chi connectivity index (χ4v) is 3.37. The molecule has 1 aromatic carbocycles. The molecule has 0 aromatic heterocycles. The van der Waals surface area contributed by atoms with Gasteiger partial charge >= 0.3 is 0 Å². The van der Waals surface area contributed by atoms with Gasteiger partial charge in [-0.2, -0.15) is 0 Å². The van der Waals surface area contributed by atoms with Crippen LogP contribution in [-0.4, -0.2) is 50.8 Å². The summed E-state index contributed by atoms with van der Waals surface area (Å²) >= 11 is 0. The molecule has 3 rings (SSSR count). The molecule has 2 saturated heterocycles. The maximum absolute atomic E-state index is 5.60. The highest BCUT2D eigenvalue weighted by Crippen LogP contribution is 2.38. The Morgan fingerprint density at radius 3 is 2.58 bits per heavy atom. The van der Waals surface area contributed by atoms with E-state index in [-0.39, 0.29) is 5.41 Å². The molecule has 1 atom stereocenters. The third kappa shape index (κ3) is 2.20. The van der Waals surface area contributed by atoms with E-state index >= 15 is 0 Å². The zero-order chi connectivity index (χ0) is 13.3. The van der Waals surface area contributed by atoms with Gasteiger partial charge < -0.3 is 10.1 Å². The summed E-state index contributed by atoms with van der Waals surface area (Å²) in [6, 6.07) is 9.70. The minimum atomic E-state index is 0.189. The number of nitrogens with one attached hydrogen (secondary N) is 1. The number of hydrogen-bond acceptors (Lipinski definition) is 3. The summed E-state index contributed by atoms with van der Waals surface area (Å²) in [7, 11) is 2.24. The summed E-state index contributed by atoms with van der Waals surface area (Å²) in [6.07, 6.45) is 1.11. The SMILES string of the molecule is CCc1ccc(C2(C3CNCCN3C)COC2)cc1. The standard InChI is InChI=1S/C16H24N2O/c1-3-13-4-6-14(7-5-13)16(11-19-12-16)15-10-17-8-9-18(15)2/h4-7,15,17H,3,8-12H2,1-2H3. The van der Waals surface area contributed by atoms with Crippen LogP contribution in [0.25, 0.3) is 0 Å². The van der Waals surface area contributed by atoms with Crippen molar-refractivity contribution >= 4 is 0 Å². The highest BCUT2D eigenvalue weighted by molar-refractivity contribution is 5.34. The molecule has 1 unspecified atom stereocenters. The van der Waals surface area contributed by atoms with Gasteiger partial charge in [0, 0.05) is 25.7 Å². The average molecular weight is 260 g/mol. The van der Waals surface area contributed by atoms with Crippen LogP contribution in [0.15, 0.2) is 24.3 Å². The molecule has 3 nitrogen and oxygen atoms in total. The van der Waals surface area contributed by atoms with E-state index in [2.05, 4.69) is 48.5 Å². The van der Waals surface area contributed by atoms with Crippen molar-refractivity contribution in [1.29, 1.82) is 0 Å². The minimum Gasteiger partial charge on any atom is -0.379 e. The lowest BCUT2D eigenvalue weighted by Gasteiger charge is -2.52. The number of ether oxygens (including phenoxy) is 1. The van der Waals surface area contributed by atoms with E-state index in [1.807, 2.05) is 0 Å². The summed E-state index contributed by atoms with van der Waals surface area (Å²) in [5.41, 5.74) is 3.04. The van der Waals surface area contributed by atoms with Crippen molar-refractivity contribution in [3.63, 3.8) is 0 Å². The molecule has 2 heterocycles. The number of aryl methyl sites for hydroxylation is 1. The molecule has 0 aliphatic carbocycles. The maximum Gasteiger partial charge on any atom is 0.0601 e. The Kier molecular flexibility index (Phi) is 3.61. The first-order valence-corrected chi connectivity index (χ1v) is 7.34. The zero-order valence-corrected chi connectivity index (χ0v) is 12.0. The van der Waals surface area contributed by atoms with Gasteiger partial charge in [0.05, 0.1) is 18.6 Å². The molecule has 0 radical (unpaired) electrons. The predicted molar refractivity (Wildman–Crippen MR) is 77.6 cm³/mol. The van der Waals surface area contributed by atoms with E-state index in [4.69, 9.17) is 4.74 Å². The smallest absolute Gasteiger partial charge is 0.0601 e. The van der Waals surface area contributed by atoms with Gasteiger partial charge in [-0.05, 0) is 24.6 Å². The van der Waals surface area contributed by atoms with Crippen LogP contribution in [0.1, 0.15) is 18.1 Å². The lowest BCUT2D eigenvalue weighted by molar-refractivity contribution is -0.103. The molecule has 0 bridgehead atoms. The van der Waals surface area contributed by atoms with Crippen LogP contribution in [0.2, 0.25) is 0 Å². The molecule has 2 aliphatic heterocycles. The van der Waals surface area contributed by atoms with Gasteiger partial charge in [-0.1, -0.05) is 31.2 Å². The quantitative estimate of drug-likeness (QED) is 0.889. The molecule has 2 fully saturated rings. The Bertz CT molecular complexity index is 425. The molecule has 104 valence electrons. The first-order valence-electron chi connectivity index (χ1n) is 7.34.